The molecular weight excluding hydrogens is 330 g/mol. The number of likely N-dealkylation sites (tertiary alicyclic amines) is 1. The van der Waals surface area contributed by atoms with Crippen molar-refractivity contribution in [3.63, 3.8) is 0 Å². The molecule has 0 radical (unpaired) electrons. The molecule has 0 unspecified atom stereocenters. The second kappa shape index (κ2) is 8.83. The number of hydrogen-bond donors (Lipinski definition) is 2. The Morgan fingerprint density at radius 3 is 2.62 bits per heavy atom. The zero-order valence-corrected chi connectivity index (χ0v) is 16.0. The lowest BCUT2D eigenvalue weighted by Crippen LogP contribution is -2.35. The number of anilines is 1. The van der Waals surface area contributed by atoms with Gasteiger partial charge in [-0.2, -0.15) is 0 Å². The van der Waals surface area contributed by atoms with Gasteiger partial charge < -0.3 is 15.5 Å². The SMILES string of the molecule is CC[C@H](C)C(=O)Nc1cccc(CNC(=O)[C@H]2CC(=O)N(C(C)C)C2)c1. The first kappa shape index (κ1) is 19.9. The summed E-state index contributed by atoms with van der Waals surface area (Å²) < 4.78 is 0. The second-order valence-electron chi connectivity index (χ2n) is 7.26. The number of nitrogens with zero attached hydrogens (tertiary/aromatic N) is 1. The first-order chi connectivity index (χ1) is 12.3. The predicted octanol–water partition coefficient (Wildman–Crippen LogP) is 2.54. The van der Waals surface area contributed by atoms with E-state index in [0.29, 0.717) is 13.1 Å². The van der Waals surface area contributed by atoms with E-state index >= 15 is 0 Å². The maximum absolute atomic E-state index is 12.4. The van der Waals surface area contributed by atoms with Crippen LogP contribution in [-0.2, 0) is 20.9 Å². The quantitative estimate of drug-likeness (QED) is 0.785. The van der Waals surface area contributed by atoms with E-state index in [1.165, 1.54) is 0 Å². The molecule has 1 aromatic carbocycles. The summed E-state index contributed by atoms with van der Waals surface area (Å²) in [5.74, 6) is -0.405. The number of carbonyl (C=O) groups excluding carboxylic acids is 3. The molecule has 0 spiro atoms. The largest absolute Gasteiger partial charge is 0.352 e. The van der Waals surface area contributed by atoms with Crippen molar-refractivity contribution in [1.29, 1.82) is 0 Å². The fraction of sp³-hybridized carbons (Fsp3) is 0.550. The zero-order chi connectivity index (χ0) is 19.3. The molecule has 26 heavy (non-hydrogen) atoms. The van der Waals surface area contributed by atoms with Crippen molar-refractivity contribution in [2.45, 2.75) is 53.1 Å². The van der Waals surface area contributed by atoms with Gasteiger partial charge in [0.1, 0.15) is 0 Å². The molecule has 1 saturated heterocycles. The Kier molecular flexibility index (Phi) is 6.77. The Hall–Kier alpha value is -2.37. The Balaban J connectivity index is 1.90. The van der Waals surface area contributed by atoms with Gasteiger partial charge >= 0.3 is 0 Å². The van der Waals surface area contributed by atoms with Crippen molar-refractivity contribution in [2.75, 3.05) is 11.9 Å². The van der Waals surface area contributed by atoms with Crippen LogP contribution < -0.4 is 10.6 Å². The lowest BCUT2D eigenvalue weighted by molar-refractivity contribution is -0.130. The van der Waals surface area contributed by atoms with E-state index in [1.807, 2.05) is 52.0 Å². The highest BCUT2D eigenvalue weighted by Gasteiger charge is 2.35. The van der Waals surface area contributed by atoms with Gasteiger partial charge in [0.2, 0.25) is 17.7 Å². The van der Waals surface area contributed by atoms with Crippen LogP contribution in [0.15, 0.2) is 24.3 Å². The number of rotatable bonds is 7. The van der Waals surface area contributed by atoms with Crippen LogP contribution in [0.4, 0.5) is 5.69 Å². The van der Waals surface area contributed by atoms with Gasteiger partial charge in [0.25, 0.3) is 0 Å². The summed E-state index contributed by atoms with van der Waals surface area (Å²) in [6.45, 7) is 8.63. The Labute approximate surface area is 155 Å². The van der Waals surface area contributed by atoms with E-state index in [-0.39, 0.29) is 42.0 Å². The number of benzene rings is 1. The topological polar surface area (TPSA) is 78.5 Å². The van der Waals surface area contributed by atoms with Crippen molar-refractivity contribution in [3.8, 4) is 0 Å². The molecule has 2 atom stereocenters. The minimum Gasteiger partial charge on any atom is -0.352 e. The van der Waals surface area contributed by atoms with Crippen molar-refractivity contribution in [2.24, 2.45) is 11.8 Å². The summed E-state index contributed by atoms with van der Waals surface area (Å²) in [5.41, 5.74) is 1.63. The lowest BCUT2D eigenvalue weighted by atomic mass is 10.1. The van der Waals surface area contributed by atoms with E-state index in [4.69, 9.17) is 0 Å². The van der Waals surface area contributed by atoms with Crippen molar-refractivity contribution in [3.05, 3.63) is 29.8 Å². The highest BCUT2D eigenvalue weighted by atomic mass is 16.2. The fourth-order valence-electron chi connectivity index (χ4n) is 2.95. The van der Waals surface area contributed by atoms with Gasteiger partial charge in [-0.15, -0.1) is 0 Å². The molecule has 142 valence electrons. The first-order valence-electron chi connectivity index (χ1n) is 9.28. The van der Waals surface area contributed by atoms with Crippen LogP contribution in [0, 0.1) is 11.8 Å². The highest BCUT2D eigenvalue weighted by molar-refractivity contribution is 5.92. The third-order valence-electron chi connectivity index (χ3n) is 4.87. The van der Waals surface area contributed by atoms with Crippen molar-refractivity contribution in [1.82, 2.24) is 10.2 Å². The molecule has 2 rings (SSSR count). The second-order valence-corrected chi connectivity index (χ2v) is 7.26. The molecule has 0 aliphatic carbocycles. The maximum atomic E-state index is 12.4. The summed E-state index contributed by atoms with van der Waals surface area (Å²) in [6.07, 6.45) is 1.06. The molecule has 6 nitrogen and oxygen atoms in total. The minimum absolute atomic E-state index is 0.00747. The fourth-order valence-corrected chi connectivity index (χ4v) is 2.95. The van der Waals surface area contributed by atoms with Crippen molar-refractivity contribution >= 4 is 23.4 Å². The zero-order valence-electron chi connectivity index (χ0n) is 16.0. The first-order valence-corrected chi connectivity index (χ1v) is 9.28. The van der Waals surface area contributed by atoms with E-state index in [2.05, 4.69) is 10.6 Å². The summed E-state index contributed by atoms with van der Waals surface area (Å²) in [4.78, 5) is 38.0. The third kappa shape index (κ3) is 5.07. The summed E-state index contributed by atoms with van der Waals surface area (Å²) in [7, 11) is 0. The van der Waals surface area contributed by atoms with E-state index in [0.717, 1.165) is 17.7 Å². The maximum Gasteiger partial charge on any atom is 0.227 e. The third-order valence-corrected chi connectivity index (χ3v) is 4.87. The van der Waals surface area contributed by atoms with Gasteiger partial charge in [-0.1, -0.05) is 26.0 Å². The van der Waals surface area contributed by atoms with Crippen LogP contribution in [0.5, 0.6) is 0 Å². The molecule has 3 amide bonds. The number of carbonyl (C=O) groups is 3. The molecule has 0 bridgehead atoms. The standard InChI is InChI=1S/C20H29N3O3/c1-5-14(4)19(25)22-17-8-6-7-15(9-17)11-21-20(26)16-10-18(24)23(12-16)13(2)3/h6-9,13-14,16H,5,10-12H2,1-4H3,(H,21,26)(H,22,25)/t14-,16-/m0/s1. The van der Waals surface area contributed by atoms with Crippen LogP contribution in [0.2, 0.25) is 0 Å². The van der Waals surface area contributed by atoms with Crippen LogP contribution in [-0.4, -0.2) is 35.2 Å². The van der Waals surface area contributed by atoms with Gasteiger partial charge in [0, 0.05) is 37.2 Å². The molecule has 1 aliphatic heterocycles. The molecule has 0 saturated carbocycles. The number of amides is 3. The number of nitrogens with one attached hydrogen (secondary N) is 2. The molecule has 1 aliphatic rings. The average Bonchev–Trinajstić information content (AvgIpc) is 3.01. The van der Waals surface area contributed by atoms with Gasteiger partial charge in [-0.3, -0.25) is 14.4 Å². The highest BCUT2D eigenvalue weighted by Crippen LogP contribution is 2.20. The Morgan fingerprint density at radius 1 is 1.27 bits per heavy atom. The van der Waals surface area contributed by atoms with Crippen LogP contribution in [0.1, 0.15) is 46.1 Å². The lowest BCUT2D eigenvalue weighted by Gasteiger charge is -2.20. The van der Waals surface area contributed by atoms with Gasteiger partial charge in [-0.25, -0.2) is 0 Å². The molecule has 0 aromatic heterocycles. The summed E-state index contributed by atoms with van der Waals surface area (Å²) in [6, 6.07) is 7.57. The molecule has 2 N–H and O–H groups in total. The van der Waals surface area contributed by atoms with E-state index in [1.54, 1.807) is 4.90 Å². The van der Waals surface area contributed by atoms with Gasteiger partial charge in [0.15, 0.2) is 0 Å². The molecule has 1 aromatic rings. The monoisotopic (exact) mass is 359 g/mol. The minimum atomic E-state index is -0.293. The van der Waals surface area contributed by atoms with Crippen LogP contribution in [0.3, 0.4) is 0 Å². The van der Waals surface area contributed by atoms with Crippen LogP contribution >= 0.6 is 0 Å². The Bertz CT molecular complexity index is 672. The smallest absolute Gasteiger partial charge is 0.227 e. The molecule has 1 heterocycles. The Morgan fingerprint density at radius 2 is 2.00 bits per heavy atom. The predicted molar refractivity (Wildman–Crippen MR) is 101 cm³/mol. The average molecular weight is 359 g/mol. The molecule has 6 heteroatoms. The van der Waals surface area contributed by atoms with Crippen LogP contribution in [0.25, 0.3) is 0 Å². The summed E-state index contributed by atoms with van der Waals surface area (Å²) >= 11 is 0. The molecule has 1 fully saturated rings. The van der Waals surface area contributed by atoms with Gasteiger partial charge in [0.05, 0.1) is 5.92 Å². The van der Waals surface area contributed by atoms with E-state index in [9.17, 15) is 14.4 Å². The summed E-state index contributed by atoms with van der Waals surface area (Å²) in [5, 5.41) is 5.80. The normalized spacial score (nSPS) is 18.1. The van der Waals surface area contributed by atoms with Gasteiger partial charge in [-0.05, 0) is 38.0 Å². The van der Waals surface area contributed by atoms with E-state index < -0.39 is 0 Å². The van der Waals surface area contributed by atoms with Crippen molar-refractivity contribution < 1.29 is 14.4 Å². The molecular formula is C20H29N3O3. The number of hydrogen-bond acceptors (Lipinski definition) is 3.